The van der Waals surface area contributed by atoms with Crippen molar-refractivity contribution in [1.29, 1.82) is 5.41 Å². The van der Waals surface area contributed by atoms with Gasteiger partial charge >= 0.3 is 0 Å². The van der Waals surface area contributed by atoms with Gasteiger partial charge < -0.3 is 28.6 Å². The molecule has 196 valence electrons. The number of hydrogen-bond acceptors (Lipinski definition) is 7. The van der Waals surface area contributed by atoms with Crippen LogP contribution in [0.5, 0.6) is 34.6 Å². The molecule has 0 saturated heterocycles. The highest BCUT2D eigenvalue weighted by molar-refractivity contribution is 5.57. The van der Waals surface area contributed by atoms with Crippen molar-refractivity contribution < 1.29 is 24.1 Å². The molecule has 0 fully saturated rings. The number of hydrogen-bond donors (Lipinski definition) is 2. The van der Waals surface area contributed by atoms with Crippen LogP contribution < -0.4 is 24.4 Å². The number of ether oxygens (including phenoxy) is 4. The number of phenols is 1. The topological polar surface area (TPSA) is 98.8 Å². The van der Waals surface area contributed by atoms with Crippen molar-refractivity contribution in [3.05, 3.63) is 94.7 Å². The van der Waals surface area contributed by atoms with Crippen molar-refractivity contribution in [3.63, 3.8) is 0 Å². The van der Waals surface area contributed by atoms with E-state index in [1.165, 1.54) is 0 Å². The van der Waals surface area contributed by atoms with Crippen LogP contribution in [0.3, 0.4) is 0 Å². The molecule has 0 spiro atoms. The molecule has 5 rings (SSSR count). The van der Waals surface area contributed by atoms with Gasteiger partial charge in [-0.05, 0) is 61.7 Å². The summed E-state index contributed by atoms with van der Waals surface area (Å²) in [5.41, 5.74) is 3.91. The lowest BCUT2D eigenvalue weighted by molar-refractivity contribution is 0.287. The van der Waals surface area contributed by atoms with Crippen LogP contribution in [-0.2, 0) is 13.0 Å². The Kier molecular flexibility index (Phi) is 7.22. The maximum atomic E-state index is 10.1. The summed E-state index contributed by atoms with van der Waals surface area (Å²) in [5.74, 6) is 2.92. The molecular weight excluding hydrogens is 482 g/mol. The average molecular weight is 514 g/mol. The minimum atomic E-state index is -0.289. The van der Waals surface area contributed by atoms with Crippen LogP contribution >= 0.6 is 0 Å². The van der Waals surface area contributed by atoms with Gasteiger partial charge in [0, 0.05) is 24.1 Å². The summed E-state index contributed by atoms with van der Waals surface area (Å²) in [5, 5.41) is 19.2. The standard InChI is InChI=1S/C30H31N3O5/c1-4-36-24-13-6-19(16-26(24)37-5-2)14-15-33-18-32-30-28(29(33)31)27(20-7-10-22(35-3)11-8-20)23-12-9-21(34)17-25(23)38-30/h6-13,16-18,27,31,34H,4-5,14-15H2,1-3H3/t27-/m1/s1. The molecule has 0 saturated carbocycles. The van der Waals surface area contributed by atoms with Crippen molar-refractivity contribution >= 4 is 0 Å². The number of aromatic hydroxyl groups is 1. The summed E-state index contributed by atoms with van der Waals surface area (Å²) in [7, 11) is 1.63. The fraction of sp³-hybridized carbons (Fsp3) is 0.267. The fourth-order valence-corrected chi connectivity index (χ4v) is 4.77. The number of nitrogens with one attached hydrogen (secondary N) is 1. The zero-order chi connectivity index (χ0) is 26.6. The number of benzene rings is 3. The smallest absolute Gasteiger partial charge is 0.228 e. The Morgan fingerprint density at radius 1 is 0.974 bits per heavy atom. The molecule has 0 aliphatic carbocycles. The molecular formula is C30H31N3O5. The molecule has 0 amide bonds. The molecule has 38 heavy (non-hydrogen) atoms. The van der Waals surface area contributed by atoms with Gasteiger partial charge in [-0.3, -0.25) is 5.41 Å². The van der Waals surface area contributed by atoms with Crippen molar-refractivity contribution in [2.75, 3.05) is 20.3 Å². The minimum absolute atomic E-state index is 0.111. The largest absolute Gasteiger partial charge is 0.508 e. The number of fused-ring (bicyclic) bond motifs is 2. The van der Waals surface area contributed by atoms with E-state index in [9.17, 15) is 5.11 Å². The Labute approximate surface area is 221 Å². The van der Waals surface area contributed by atoms with Crippen molar-refractivity contribution in [2.24, 2.45) is 0 Å². The quantitative estimate of drug-likeness (QED) is 0.274. The maximum Gasteiger partial charge on any atom is 0.228 e. The molecule has 8 heteroatoms. The number of rotatable bonds is 9. The number of aryl methyl sites for hydroxylation is 2. The van der Waals surface area contributed by atoms with Crippen molar-refractivity contribution in [2.45, 2.75) is 32.7 Å². The number of nitrogens with zero attached hydrogens (tertiary/aromatic N) is 2. The highest BCUT2D eigenvalue weighted by Crippen LogP contribution is 2.46. The summed E-state index contributed by atoms with van der Waals surface area (Å²) < 4.78 is 24.7. The molecule has 0 radical (unpaired) electrons. The second-order valence-corrected chi connectivity index (χ2v) is 8.93. The summed E-state index contributed by atoms with van der Waals surface area (Å²) >= 11 is 0. The summed E-state index contributed by atoms with van der Waals surface area (Å²) in [4.78, 5) is 4.59. The molecule has 2 heterocycles. The average Bonchev–Trinajstić information content (AvgIpc) is 2.93. The Balaban J connectivity index is 1.50. The Hall–Kier alpha value is -4.46. The third-order valence-electron chi connectivity index (χ3n) is 6.59. The van der Waals surface area contributed by atoms with Gasteiger partial charge in [0.2, 0.25) is 5.88 Å². The van der Waals surface area contributed by atoms with Gasteiger partial charge in [-0.25, -0.2) is 4.98 Å². The molecule has 0 bridgehead atoms. The first-order valence-corrected chi connectivity index (χ1v) is 12.7. The van der Waals surface area contributed by atoms with Gasteiger partial charge in [0.25, 0.3) is 0 Å². The van der Waals surface area contributed by atoms with E-state index < -0.39 is 0 Å². The molecule has 2 N–H and O–H groups in total. The third kappa shape index (κ3) is 4.89. The minimum Gasteiger partial charge on any atom is -0.508 e. The van der Waals surface area contributed by atoms with Gasteiger partial charge in [-0.1, -0.05) is 24.3 Å². The second-order valence-electron chi connectivity index (χ2n) is 8.93. The highest BCUT2D eigenvalue weighted by atomic mass is 16.5. The van der Waals surface area contributed by atoms with E-state index in [2.05, 4.69) is 4.98 Å². The fourth-order valence-electron chi connectivity index (χ4n) is 4.77. The van der Waals surface area contributed by atoms with Crippen LogP contribution in [0.1, 0.15) is 42.0 Å². The summed E-state index contributed by atoms with van der Waals surface area (Å²) in [6.45, 7) is 5.57. The van der Waals surface area contributed by atoms with E-state index >= 15 is 0 Å². The Morgan fingerprint density at radius 3 is 2.47 bits per heavy atom. The van der Waals surface area contributed by atoms with E-state index in [0.29, 0.717) is 48.9 Å². The van der Waals surface area contributed by atoms with Crippen molar-refractivity contribution in [1.82, 2.24) is 9.55 Å². The molecule has 3 aromatic carbocycles. The summed E-state index contributed by atoms with van der Waals surface area (Å²) in [6.07, 6.45) is 2.32. The van der Waals surface area contributed by atoms with Crippen LogP contribution in [0.2, 0.25) is 0 Å². The Bertz CT molecular complexity index is 1500. The van der Waals surface area contributed by atoms with E-state index in [-0.39, 0.29) is 11.7 Å². The number of aromatic nitrogens is 2. The monoisotopic (exact) mass is 513 g/mol. The van der Waals surface area contributed by atoms with Crippen LogP contribution in [0.15, 0.2) is 67.0 Å². The van der Waals surface area contributed by atoms with E-state index in [4.69, 9.17) is 24.4 Å². The van der Waals surface area contributed by atoms with Gasteiger partial charge in [0.15, 0.2) is 11.5 Å². The third-order valence-corrected chi connectivity index (χ3v) is 6.59. The Morgan fingerprint density at radius 2 is 1.74 bits per heavy atom. The normalized spacial score (nSPS) is 13.7. The zero-order valence-corrected chi connectivity index (χ0v) is 21.7. The second kappa shape index (κ2) is 10.9. The van der Waals surface area contributed by atoms with Gasteiger partial charge in [0.05, 0.1) is 25.9 Å². The number of phenolic OH excluding ortho intramolecular Hbond substituents is 1. The predicted octanol–water partition coefficient (Wildman–Crippen LogP) is 5.40. The van der Waals surface area contributed by atoms with E-state index in [1.807, 2.05) is 66.9 Å². The molecule has 4 aromatic rings. The molecule has 1 aromatic heterocycles. The zero-order valence-electron chi connectivity index (χ0n) is 21.7. The molecule has 8 nitrogen and oxygen atoms in total. The maximum absolute atomic E-state index is 10.1. The van der Waals surface area contributed by atoms with Crippen molar-refractivity contribution in [3.8, 4) is 34.6 Å². The predicted molar refractivity (Wildman–Crippen MR) is 143 cm³/mol. The van der Waals surface area contributed by atoms with Crippen LogP contribution in [0.25, 0.3) is 0 Å². The SMILES string of the molecule is CCOc1ccc(CCn2cnc3c(c2=N)[C@H](c2ccc(OC)cc2)c2ccc(O)cc2O3)cc1OCC. The van der Waals surface area contributed by atoms with Crippen LogP contribution in [-0.4, -0.2) is 35.0 Å². The van der Waals surface area contributed by atoms with Gasteiger partial charge in [0.1, 0.15) is 29.1 Å². The first-order chi connectivity index (χ1) is 18.5. The molecule has 1 aliphatic rings. The lowest BCUT2D eigenvalue weighted by Crippen LogP contribution is -2.30. The number of methoxy groups -OCH3 is 1. The highest BCUT2D eigenvalue weighted by Gasteiger charge is 2.32. The lowest BCUT2D eigenvalue weighted by atomic mass is 9.84. The summed E-state index contributed by atoms with van der Waals surface area (Å²) in [6, 6.07) is 18.8. The van der Waals surface area contributed by atoms with Gasteiger partial charge in [-0.2, -0.15) is 0 Å². The lowest BCUT2D eigenvalue weighted by Gasteiger charge is -2.28. The van der Waals surface area contributed by atoms with Crippen LogP contribution in [0.4, 0.5) is 0 Å². The van der Waals surface area contributed by atoms with E-state index in [1.54, 1.807) is 25.6 Å². The van der Waals surface area contributed by atoms with E-state index in [0.717, 1.165) is 33.9 Å². The van der Waals surface area contributed by atoms with Crippen LogP contribution in [0, 0.1) is 5.41 Å². The molecule has 0 unspecified atom stereocenters. The molecule has 1 atom stereocenters. The first kappa shape index (κ1) is 25.2. The first-order valence-electron chi connectivity index (χ1n) is 12.7. The van der Waals surface area contributed by atoms with Gasteiger partial charge in [-0.15, -0.1) is 0 Å². The molecule has 1 aliphatic heterocycles.